The van der Waals surface area contributed by atoms with E-state index >= 15 is 0 Å². The third-order valence-electron chi connectivity index (χ3n) is 0.955. The second-order valence-corrected chi connectivity index (χ2v) is 1.62. The molecule has 0 rings (SSSR count). The van der Waals surface area contributed by atoms with Crippen LogP contribution in [0.5, 0.6) is 0 Å². The van der Waals surface area contributed by atoms with E-state index in [1.54, 1.807) is 6.92 Å². The summed E-state index contributed by atoms with van der Waals surface area (Å²) < 4.78 is 0. The van der Waals surface area contributed by atoms with E-state index in [4.69, 9.17) is 5.73 Å². The maximum atomic E-state index is 10.6. The minimum Gasteiger partial charge on any atom is -0.366 e. The molecular formula is C6H9NO2. The van der Waals surface area contributed by atoms with Gasteiger partial charge in [-0.2, -0.15) is 0 Å². The zero-order valence-electron chi connectivity index (χ0n) is 5.31. The molecule has 0 aliphatic rings. The van der Waals surface area contributed by atoms with Crippen LogP contribution in [-0.2, 0) is 9.59 Å². The van der Waals surface area contributed by atoms with Gasteiger partial charge in [0.05, 0.1) is 5.57 Å². The fourth-order valence-electron chi connectivity index (χ4n) is 0.351. The molecule has 0 saturated heterocycles. The molecule has 50 valence electrons. The number of carbonyl (C=O) groups is 2. The highest BCUT2D eigenvalue weighted by Gasteiger charge is 2.08. The lowest BCUT2D eigenvalue weighted by atomic mass is 10.1. The fourth-order valence-corrected chi connectivity index (χ4v) is 0.351. The summed E-state index contributed by atoms with van der Waals surface area (Å²) in [4.78, 5) is 20.8. The molecule has 0 bridgehead atoms. The van der Waals surface area contributed by atoms with Crippen molar-refractivity contribution in [2.24, 2.45) is 5.73 Å². The van der Waals surface area contributed by atoms with Gasteiger partial charge in [0, 0.05) is 6.42 Å². The molecule has 0 atom stereocenters. The molecule has 0 fully saturated rings. The number of rotatable bonds is 3. The van der Waals surface area contributed by atoms with Crippen molar-refractivity contribution < 1.29 is 9.59 Å². The van der Waals surface area contributed by atoms with Crippen LogP contribution in [-0.4, -0.2) is 11.7 Å². The third-order valence-corrected chi connectivity index (χ3v) is 0.955. The maximum absolute atomic E-state index is 10.6. The highest BCUT2D eigenvalue weighted by atomic mass is 16.2. The van der Waals surface area contributed by atoms with Crippen LogP contribution in [0, 0.1) is 0 Å². The van der Waals surface area contributed by atoms with Crippen LogP contribution in [0.15, 0.2) is 12.2 Å². The first-order chi connectivity index (χ1) is 4.09. The molecule has 0 unspecified atom stereocenters. The standard InChI is InChI=1S/C6H9NO2/c1-3-5(8)4(2)6(7)9/h2-3H2,1H3,(H2,7,9). The lowest BCUT2D eigenvalue weighted by molar-refractivity contribution is -0.120. The van der Waals surface area contributed by atoms with Crippen LogP contribution >= 0.6 is 0 Å². The molecule has 0 aromatic carbocycles. The Hall–Kier alpha value is -1.12. The summed E-state index contributed by atoms with van der Waals surface area (Å²) in [5, 5.41) is 0. The monoisotopic (exact) mass is 127 g/mol. The average Bonchev–Trinajstić information content (AvgIpc) is 1.84. The SMILES string of the molecule is C=C(C(N)=O)C(=O)CC. The number of ketones is 1. The number of carbonyl (C=O) groups excluding carboxylic acids is 2. The summed E-state index contributed by atoms with van der Waals surface area (Å²) >= 11 is 0. The van der Waals surface area contributed by atoms with E-state index < -0.39 is 5.91 Å². The molecule has 9 heavy (non-hydrogen) atoms. The lowest BCUT2D eigenvalue weighted by Crippen LogP contribution is -2.18. The number of Topliss-reactive ketones (excluding diaryl/α,β-unsaturated/α-hetero) is 1. The van der Waals surface area contributed by atoms with E-state index in [0.717, 1.165) is 0 Å². The smallest absolute Gasteiger partial charge is 0.251 e. The van der Waals surface area contributed by atoms with Crippen LogP contribution in [0.2, 0.25) is 0 Å². The lowest BCUT2D eigenvalue weighted by Gasteiger charge is -1.93. The van der Waals surface area contributed by atoms with Crippen LogP contribution in [0.1, 0.15) is 13.3 Å². The molecular weight excluding hydrogens is 118 g/mol. The first-order valence-electron chi connectivity index (χ1n) is 2.61. The quantitative estimate of drug-likeness (QED) is 0.329. The summed E-state index contributed by atoms with van der Waals surface area (Å²) in [5.74, 6) is -1.02. The maximum Gasteiger partial charge on any atom is 0.251 e. The fraction of sp³-hybridized carbons (Fsp3) is 0.333. The van der Waals surface area contributed by atoms with E-state index in [1.165, 1.54) is 0 Å². The van der Waals surface area contributed by atoms with E-state index in [1.807, 2.05) is 0 Å². The van der Waals surface area contributed by atoms with Crippen molar-refractivity contribution >= 4 is 11.7 Å². The molecule has 3 heteroatoms. The molecule has 0 heterocycles. The number of amides is 1. The molecule has 0 radical (unpaired) electrons. The first-order valence-corrected chi connectivity index (χ1v) is 2.61. The van der Waals surface area contributed by atoms with E-state index in [2.05, 4.69) is 6.58 Å². The van der Waals surface area contributed by atoms with Gasteiger partial charge < -0.3 is 5.73 Å². The Kier molecular flexibility index (Phi) is 2.64. The number of hydrogen-bond acceptors (Lipinski definition) is 2. The van der Waals surface area contributed by atoms with Gasteiger partial charge in [-0.05, 0) is 0 Å². The largest absolute Gasteiger partial charge is 0.366 e. The summed E-state index contributed by atoms with van der Waals surface area (Å²) in [6, 6.07) is 0. The van der Waals surface area contributed by atoms with Gasteiger partial charge in [0.15, 0.2) is 5.78 Å². The average molecular weight is 127 g/mol. The van der Waals surface area contributed by atoms with Crippen molar-refractivity contribution in [3.8, 4) is 0 Å². The van der Waals surface area contributed by atoms with Gasteiger partial charge in [-0.3, -0.25) is 9.59 Å². The van der Waals surface area contributed by atoms with Crippen LogP contribution in [0.3, 0.4) is 0 Å². The zero-order valence-corrected chi connectivity index (χ0v) is 5.31. The Bertz CT molecular complexity index is 160. The Labute approximate surface area is 53.5 Å². The van der Waals surface area contributed by atoms with Gasteiger partial charge in [-0.25, -0.2) is 0 Å². The Morgan fingerprint density at radius 1 is 1.56 bits per heavy atom. The van der Waals surface area contributed by atoms with Gasteiger partial charge in [-0.15, -0.1) is 0 Å². The van der Waals surface area contributed by atoms with Crippen molar-refractivity contribution in [2.45, 2.75) is 13.3 Å². The molecule has 0 aliphatic carbocycles. The topological polar surface area (TPSA) is 60.2 Å². The van der Waals surface area contributed by atoms with Crippen molar-refractivity contribution in [3.05, 3.63) is 12.2 Å². The Morgan fingerprint density at radius 2 is 2.00 bits per heavy atom. The van der Waals surface area contributed by atoms with E-state index in [0.29, 0.717) is 0 Å². The Balaban J connectivity index is 4.05. The van der Waals surface area contributed by atoms with Gasteiger partial charge in [0.25, 0.3) is 5.91 Å². The zero-order chi connectivity index (χ0) is 7.44. The molecule has 2 N–H and O–H groups in total. The predicted octanol–water partition coefficient (Wildman–Crippen LogP) is 0.00700. The summed E-state index contributed by atoms with van der Waals surface area (Å²) in [6.45, 7) is 4.85. The second kappa shape index (κ2) is 3.02. The van der Waals surface area contributed by atoms with Gasteiger partial charge >= 0.3 is 0 Å². The van der Waals surface area contributed by atoms with Gasteiger partial charge in [0.1, 0.15) is 0 Å². The van der Waals surface area contributed by atoms with Gasteiger partial charge in [-0.1, -0.05) is 13.5 Å². The van der Waals surface area contributed by atoms with Crippen LogP contribution in [0.25, 0.3) is 0 Å². The normalized spacial score (nSPS) is 8.56. The van der Waals surface area contributed by atoms with Crippen LogP contribution in [0.4, 0.5) is 0 Å². The number of nitrogens with two attached hydrogens (primary N) is 1. The predicted molar refractivity (Wildman–Crippen MR) is 33.6 cm³/mol. The van der Waals surface area contributed by atoms with Crippen molar-refractivity contribution in [1.82, 2.24) is 0 Å². The van der Waals surface area contributed by atoms with Gasteiger partial charge in [0.2, 0.25) is 0 Å². The highest BCUT2D eigenvalue weighted by molar-refractivity contribution is 6.18. The number of hydrogen-bond donors (Lipinski definition) is 1. The van der Waals surface area contributed by atoms with E-state index in [-0.39, 0.29) is 17.8 Å². The minimum atomic E-state index is -0.734. The Morgan fingerprint density at radius 3 is 2.11 bits per heavy atom. The molecule has 3 nitrogen and oxygen atoms in total. The molecule has 0 spiro atoms. The molecule has 1 amide bonds. The minimum absolute atomic E-state index is 0.113. The summed E-state index contributed by atoms with van der Waals surface area (Å²) in [5.41, 5.74) is 4.64. The summed E-state index contributed by atoms with van der Waals surface area (Å²) in [6.07, 6.45) is 0.280. The molecule has 0 saturated carbocycles. The van der Waals surface area contributed by atoms with E-state index in [9.17, 15) is 9.59 Å². The summed E-state index contributed by atoms with van der Waals surface area (Å²) in [7, 11) is 0. The molecule has 0 aromatic rings. The third kappa shape index (κ3) is 2.08. The van der Waals surface area contributed by atoms with Crippen LogP contribution < -0.4 is 5.73 Å². The van der Waals surface area contributed by atoms with Crippen molar-refractivity contribution in [1.29, 1.82) is 0 Å². The van der Waals surface area contributed by atoms with Crippen molar-refractivity contribution in [3.63, 3.8) is 0 Å². The molecule has 0 aliphatic heterocycles. The first kappa shape index (κ1) is 7.88. The number of primary amides is 1. The highest BCUT2D eigenvalue weighted by Crippen LogP contribution is 1.93. The van der Waals surface area contributed by atoms with Crippen molar-refractivity contribution in [2.75, 3.05) is 0 Å². The second-order valence-electron chi connectivity index (χ2n) is 1.62. The molecule has 0 aromatic heterocycles.